The zero-order chi connectivity index (χ0) is 17.9. The SMILES string of the molecule is COc1ccc(-c2nc3ccccn3c2Nc2ccccc2)c(OC)c1. The van der Waals surface area contributed by atoms with Crippen molar-refractivity contribution in [3.8, 4) is 22.8 Å². The van der Waals surface area contributed by atoms with Crippen LogP contribution in [0.25, 0.3) is 16.9 Å². The predicted octanol–water partition coefficient (Wildman–Crippen LogP) is 4.76. The first kappa shape index (κ1) is 16.0. The van der Waals surface area contributed by atoms with Gasteiger partial charge >= 0.3 is 0 Å². The van der Waals surface area contributed by atoms with E-state index in [-0.39, 0.29) is 0 Å². The number of rotatable bonds is 5. The van der Waals surface area contributed by atoms with Crippen molar-refractivity contribution in [3.63, 3.8) is 0 Å². The van der Waals surface area contributed by atoms with E-state index in [1.165, 1.54) is 0 Å². The number of hydrogen-bond donors (Lipinski definition) is 1. The number of ether oxygens (including phenoxy) is 2. The van der Waals surface area contributed by atoms with E-state index in [0.717, 1.165) is 34.2 Å². The summed E-state index contributed by atoms with van der Waals surface area (Å²) in [7, 11) is 3.29. The topological polar surface area (TPSA) is 47.8 Å². The lowest BCUT2D eigenvalue weighted by Crippen LogP contribution is -1.97. The van der Waals surface area contributed by atoms with Crippen LogP contribution in [0, 0.1) is 0 Å². The molecule has 2 aromatic carbocycles. The summed E-state index contributed by atoms with van der Waals surface area (Å²) in [6.07, 6.45) is 1.99. The number of fused-ring (bicyclic) bond motifs is 1. The minimum Gasteiger partial charge on any atom is -0.497 e. The molecule has 0 radical (unpaired) electrons. The second kappa shape index (κ2) is 6.80. The van der Waals surface area contributed by atoms with Crippen molar-refractivity contribution in [2.45, 2.75) is 0 Å². The Bertz CT molecular complexity index is 1040. The highest BCUT2D eigenvalue weighted by molar-refractivity contribution is 5.83. The normalized spacial score (nSPS) is 10.7. The summed E-state index contributed by atoms with van der Waals surface area (Å²) in [4.78, 5) is 4.82. The van der Waals surface area contributed by atoms with Gasteiger partial charge in [-0.2, -0.15) is 0 Å². The zero-order valence-corrected chi connectivity index (χ0v) is 14.6. The number of imidazole rings is 1. The molecule has 0 spiro atoms. The molecule has 0 fully saturated rings. The van der Waals surface area contributed by atoms with Gasteiger partial charge in [-0.3, -0.25) is 4.40 Å². The van der Waals surface area contributed by atoms with E-state index in [1.54, 1.807) is 14.2 Å². The van der Waals surface area contributed by atoms with Gasteiger partial charge in [0.05, 0.1) is 14.2 Å². The van der Waals surface area contributed by atoms with Crippen LogP contribution in [-0.4, -0.2) is 23.6 Å². The number of benzene rings is 2. The number of para-hydroxylation sites is 1. The molecule has 130 valence electrons. The van der Waals surface area contributed by atoms with Gasteiger partial charge in [-0.1, -0.05) is 24.3 Å². The first-order valence-corrected chi connectivity index (χ1v) is 8.31. The molecule has 5 nitrogen and oxygen atoms in total. The van der Waals surface area contributed by atoms with Gasteiger partial charge in [0.2, 0.25) is 0 Å². The summed E-state index contributed by atoms with van der Waals surface area (Å²) in [6.45, 7) is 0. The third-order valence-electron chi connectivity index (χ3n) is 4.23. The number of pyridine rings is 1. The van der Waals surface area contributed by atoms with E-state index in [2.05, 4.69) is 5.32 Å². The van der Waals surface area contributed by atoms with Crippen molar-refractivity contribution < 1.29 is 9.47 Å². The Labute approximate surface area is 151 Å². The number of anilines is 2. The van der Waals surface area contributed by atoms with Gasteiger partial charge in [-0.25, -0.2) is 4.98 Å². The number of hydrogen-bond acceptors (Lipinski definition) is 4. The number of nitrogens with zero attached hydrogens (tertiary/aromatic N) is 2. The largest absolute Gasteiger partial charge is 0.497 e. The van der Waals surface area contributed by atoms with Gasteiger partial charge in [0.1, 0.15) is 28.7 Å². The molecule has 0 aliphatic heterocycles. The van der Waals surface area contributed by atoms with Crippen LogP contribution in [0.5, 0.6) is 11.5 Å². The number of aromatic nitrogens is 2. The predicted molar refractivity (Wildman–Crippen MR) is 103 cm³/mol. The van der Waals surface area contributed by atoms with Crippen LogP contribution in [0.1, 0.15) is 0 Å². The third kappa shape index (κ3) is 2.84. The molecule has 0 saturated heterocycles. The molecule has 1 N–H and O–H groups in total. The zero-order valence-electron chi connectivity index (χ0n) is 14.6. The van der Waals surface area contributed by atoms with Crippen molar-refractivity contribution in [2.24, 2.45) is 0 Å². The molecule has 0 unspecified atom stereocenters. The maximum absolute atomic E-state index is 5.59. The van der Waals surface area contributed by atoms with Crippen LogP contribution < -0.4 is 14.8 Å². The Balaban J connectivity index is 1.91. The third-order valence-corrected chi connectivity index (χ3v) is 4.23. The summed E-state index contributed by atoms with van der Waals surface area (Å²) in [5.41, 5.74) is 3.57. The van der Waals surface area contributed by atoms with Gasteiger partial charge in [0, 0.05) is 23.5 Å². The molecule has 0 amide bonds. The van der Waals surface area contributed by atoms with Gasteiger partial charge in [0.15, 0.2) is 0 Å². The van der Waals surface area contributed by atoms with Crippen molar-refractivity contribution in [2.75, 3.05) is 19.5 Å². The molecule has 0 bridgehead atoms. The van der Waals surface area contributed by atoms with Crippen LogP contribution in [0.4, 0.5) is 11.5 Å². The van der Waals surface area contributed by atoms with Gasteiger partial charge in [-0.05, 0) is 36.4 Å². The van der Waals surface area contributed by atoms with Gasteiger partial charge in [0.25, 0.3) is 0 Å². The fourth-order valence-electron chi connectivity index (χ4n) is 2.96. The Kier molecular flexibility index (Phi) is 4.19. The van der Waals surface area contributed by atoms with Crippen molar-refractivity contribution in [1.82, 2.24) is 9.38 Å². The van der Waals surface area contributed by atoms with Crippen LogP contribution in [0.2, 0.25) is 0 Å². The average molecular weight is 345 g/mol. The molecule has 4 aromatic rings. The monoisotopic (exact) mass is 345 g/mol. The second-order valence-corrected chi connectivity index (χ2v) is 5.80. The Hall–Kier alpha value is -3.47. The summed E-state index contributed by atoms with van der Waals surface area (Å²) >= 11 is 0. The highest BCUT2D eigenvalue weighted by Gasteiger charge is 2.18. The highest BCUT2D eigenvalue weighted by Crippen LogP contribution is 2.38. The summed E-state index contributed by atoms with van der Waals surface area (Å²) in [5, 5.41) is 3.49. The van der Waals surface area contributed by atoms with E-state index >= 15 is 0 Å². The number of methoxy groups -OCH3 is 2. The molecule has 26 heavy (non-hydrogen) atoms. The van der Waals surface area contributed by atoms with Gasteiger partial charge in [-0.15, -0.1) is 0 Å². The summed E-state index contributed by atoms with van der Waals surface area (Å²) in [6, 6.07) is 21.7. The highest BCUT2D eigenvalue weighted by atomic mass is 16.5. The van der Waals surface area contributed by atoms with E-state index in [1.807, 2.05) is 77.3 Å². The molecule has 5 heteroatoms. The maximum atomic E-state index is 5.59. The minimum absolute atomic E-state index is 0.712. The van der Waals surface area contributed by atoms with Crippen LogP contribution in [-0.2, 0) is 0 Å². The van der Waals surface area contributed by atoms with E-state index in [4.69, 9.17) is 14.5 Å². The van der Waals surface area contributed by atoms with Crippen molar-refractivity contribution in [1.29, 1.82) is 0 Å². The second-order valence-electron chi connectivity index (χ2n) is 5.80. The fourth-order valence-corrected chi connectivity index (χ4v) is 2.96. The smallest absolute Gasteiger partial charge is 0.143 e. The van der Waals surface area contributed by atoms with Crippen molar-refractivity contribution in [3.05, 3.63) is 72.9 Å². The lowest BCUT2D eigenvalue weighted by atomic mass is 10.1. The molecule has 0 atom stereocenters. The van der Waals surface area contributed by atoms with Gasteiger partial charge < -0.3 is 14.8 Å². The first-order valence-electron chi connectivity index (χ1n) is 8.31. The Morgan fingerprint density at radius 1 is 0.885 bits per heavy atom. The molecule has 2 aromatic heterocycles. The number of nitrogens with one attached hydrogen (secondary N) is 1. The maximum Gasteiger partial charge on any atom is 0.143 e. The molecule has 0 aliphatic rings. The molecular weight excluding hydrogens is 326 g/mol. The quantitative estimate of drug-likeness (QED) is 0.566. The van der Waals surface area contributed by atoms with E-state index in [0.29, 0.717) is 5.75 Å². The molecular formula is C21H19N3O2. The average Bonchev–Trinajstić information content (AvgIpc) is 3.06. The Morgan fingerprint density at radius 3 is 2.46 bits per heavy atom. The lowest BCUT2D eigenvalue weighted by molar-refractivity contribution is 0.395. The van der Waals surface area contributed by atoms with Crippen LogP contribution in [0.3, 0.4) is 0 Å². The van der Waals surface area contributed by atoms with E-state index < -0.39 is 0 Å². The molecule has 2 heterocycles. The molecule has 0 aliphatic carbocycles. The molecule has 0 saturated carbocycles. The lowest BCUT2D eigenvalue weighted by Gasteiger charge is -2.12. The first-order chi connectivity index (χ1) is 12.8. The van der Waals surface area contributed by atoms with Crippen molar-refractivity contribution >= 4 is 17.2 Å². The van der Waals surface area contributed by atoms with E-state index in [9.17, 15) is 0 Å². The van der Waals surface area contributed by atoms with Crippen LogP contribution in [0.15, 0.2) is 72.9 Å². The summed E-state index contributed by atoms with van der Waals surface area (Å²) in [5.74, 6) is 2.34. The Morgan fingerprint density at radius 2 is 1.69 bits per heavy atom. The minimum atomic E-state index is 0.712. The standard InChI is InChI=1S/C21H19N3O2/c1-25-16-11-12-17(18(14-16)26-2)20-21(22-15-8-4-3-5-9-15)24-13-7-6-10-19(24)23-20/h3-14,22H,1-2H3. The summed E-state index contributed by atoms with van der Waals surface area (Å²) < 4.78 is 12.9. The molecule has 4 rings (SSSR count). The van der Waals surface area contributed by atoms with Crippen LogP contribution >= 0.6 is 0 Å². The fraction of sp³-hybridized carbons (Fsp3) is 0.0952.